The van der Waals surface area contributed by atoms with Gasteiger partial charge in [0.1, 0.15) is 13.2 Å². The zero-order valence-corrected chi connectivity index (χ0v) is 13.0. The maximum atomic E-state index is 12.4. The average molecular weight is 381 g/mol. The molecule has 130 valence electrons. The minimum absolute atomic E-state index is 0.127. The summed E-state index contributed by atoms with van der Waals surface area (Å²) in [6.07, 6.45) is -4.67. The Bertz CT molecular complexity index is 661. The molecular formula is C11H11ClF3O7P. The first-order chi connectivity index (χ1) is 11.0. The van der Waals surface area contributed by atoms with Crippen LogP contribution < -0.4 is 4.52 Å². The molecule has 1 aromatic rings. The number of phosphoric acid groups is 1. The van der Waals surface area contributed by atoms with Gasteiger partial charge < -0.3 is 9.26 Å². The molecule has 3 unspecified atom stereocenters. The average Bonchev–Trinajstić information content (AvgIpc) is 2.48. The van der Waals surface area contributed by atoms with Crippen LogP contribution in [0, 0.1) is 0 Å². The van der Waals surface area contributed by atoms with E-state index < -0.39 is 33.0 Å². The van der Waals surface area contributed by atoms with E-state index in [9.17, 15) is 22.6 Å². The zero-order valence-electron chi connectivity index (χ0n) is 12.4. The lowest BCUT2D eigenvalue weighted by atomic mass is 10.1. The van der Waals surface area contributed by atoms with Crippen LogP contribution >= 0.6 is 19.4 Å². The normalized spacial score (nSPS) is 27.7. The molecule has 1 aliphatic rings. The molecule has 0 aromatic heterocycles. The first-order valence-electron chi connectivity index (χ1n) is 6.42. The van der Waals surface area contributed by atoms with Crippen LogP contribution in [-0.4, -0.2) is 31.4 Å². The van der Waals surface area contributed by atoms with Crippen LogP contribution in [0.15, 0.2) is 18.2 Å². The Morgan fingerprint density at radius 2 is 2.26 bits per heavy atom. The van der Waals surface area contributed by atoms with Crippen LogP contribution in [0.3, 0.4) is 0 Å². The van der Waals surface area contributed by atoms with Gasteiger partial charge in [0.05, 0.1) is 6.39 Å². The summed E-state index contributed by atoms with van der Waals surface area (Å²) in [6, 6.07) is 3.35. The van der Waals surface area contributed by atoms with Gasteiger partial charge >= 0.3 is 14.0 Å². The van der Waals surface area contributed by atoms with E-state index in [1.807, 2.05) is 0 Å². The number of hydrogen-bond donors (Lipinski definition) is 1. The van der Waals surface area contributed by atoms with Gasteiger partial charge in [0, 0.05) is 12.7 Å². The van der Waals surface area contributed by atoms with Crippen LogP contribution in [0.25, 0.3) is 0 Å². The highest BCUT2D eigenvalue weighted by molar-refractivity contribution is 7.47. The van der Waals surface area contributed by atoms with Crippen molar-refractivity contribution in [1.82, 2.24) is 0 Å². The van der Waals surface area contributed by atoms with Crippen molar-refractivity contribution < 1.29 is 47.6 Å². The van der Waals surface area contributed by atoms with Gasteiger partial charge in [-0.25, -0.2) is 9.45 Å². The van der Waals surface area contributed by atoms with Crippen LogP contribution in [0.4, 0.5) is 13.2 Å². The molecule has 0 aliphatic carbocycles. The maximum absolute atomic E-state index is 12.4. The molecule has 7 nitrogen and oxygen atoms in total. The number of hydrogen-bond acceptors (Lipinski definition) is 6. The number of ether oxygens (including phenoxy) is 1. The van der Waals surface area contributed by atoms with Gasteiger partial charge in [-0.15, -0.1) is 0 Å². The summed E-state index contributed by atoms with van der Waals surface area (Å²) in [4.78, 5) is 18.2. The smallest absolute Gasteiger partial charge is 0.403 e. The molecule has 3 atom stereocenters. The van der Waals surface area contributed by atoms with Gasteiger partial charge in [0.15, 0.2) is 5.75 Å². The molecular weight excluding hydrogens is 368 g/mol. The fourth-order valence-corrected chi connectivity index (χ4v) is 2.22. The third kappa shape index (κ3) is 4.57. The van der Waals surface area contributed by atoms with Crippen molar-refractivity contribution in [3.63, 3.8) is 0 Å². The van der Waals surface area contributed by atoms with Crippen molar-refractivity contribution in [2.75, 3.05) is 20.3 Å². The van der Waals surface area contributed by atoms with Crippen LogP contribution in [0.1, 0.15) is 6.93 Å². The SMILES string of the molecule is [3H]C1OOC1(OCC(F)(F)F)c1ccc(Cl)c(OP(=O)(O)OC)c1. The minimum atomic E-state index is -4.67. The summed E-state index contributed by atoms with van der Waals surface area (Å²) >= 11 is 5.80. The number of benzene rings is 1. The monoisotopic (exact) mass is 380 g/mol. The van der Waals surface area contributed by atoms with E-state index in [-0.39, 0.29) is 16.3 Å². The molecule has 1 aliphatic heterocycles. The molecule has 0 radical (unpaired) electrons. The maximum Gasteiger partial charge on any atom is 0.527 e. The molecule has 1 heterocycles. The first-order valence-corrected chi connectivity index (χ1v) is 7.72. The van der Waals surface area contributed by atoms with Crippen molar-refractivity contribution in [3.05, 3.63) is 28.8 Å². The van der Waals surface area contributed by atoms with E-state index in [1.165, 1.54) is 6.07 Å². The molecule has 0 spiro atoms. The Labute approximate surface area is 134 Å². The van der Waals surface area contributed by atoms with Gasteiger partial charge in [-0.05, 0) is 12.1 Å². The van der Waals surface area contributed by atoms with Crippen molar-refractivity contribution in [2.45, 2.75) is 12.0 Å². The lowest BCUT2D eigenvalue weighted by Gasteiger charge is -2.39. The highest BCUT2D eigenvalue weighted by Gasteiger charge is 2.48. The quantitative estimate of drug-likeness (QED) is 0.599. The van der Waals surface area contributed by atoms with Crippen molar-refractivity contribution in [3.8, 4) is 5.75 Å². The summed E-state index contributed by atoms with van der Waals surface area (Å²) in [5.41, 5.74) is -0.131. The second kappa shape index (κ2) is 6.56. The number of phosphoric ester groups is 1. The summed E-state index contributed by atoms with van der Waals surface area (Å²) < 4.78 is 69.7. The fourth-order valence-electron chi connectivity index (χ4n) is 1.53. The van der Waals surface area contributed by atoms with E-state index >= 15 is 0 Å². The highest BCUT2D eigenvalue weighted by atomic mass is 35.5. The van der Waals surface area contributed by atoms with Gasteiger partial charge in [-0.3, -0.25) is 9.42 Å². The zero-order chi connectivity index (χ0) is 18.2. The Morgan fingerprint density at radius 3 is 2.74 bits per heavy atom. The molecule has 1 fully saturated rings. The molecule has 0 amide bonds. The van der Waals surface area contributed by atoms with E-state index in [2.05, 4.69) is 23.6 Å². The van der Waals surface area contributed by atoms with Crippen molar-refractivity contribution in [1.29, 1.82) is 0 Å². The van der Waals surface area contributed by atoms with Gasteiger partial charge in [0.25, 0.3) is 5.79 Å². The molecule has 12 heteroatoms. The van der Waals surface area contributed by atoms with Gasteiger partial charge in [-0.2, -0.15) is 18.1 Å². The summed E-state index contributed by atoms with van der Waals surface area (Å²) in [5.74, 6) is -2.57. The number of halogens is 4. The lowest BCUT2D eigenvalue weighted by Crippen LogP contribution is -2.48. The highest BCUT2D eigenvalue weighted by Crippen LogP contribution is 2.47. The van der Waals surface area contributed by atoms with E-state index in [1.54, 1.807) is 0 Å². The largest absolute Gasteiger partial charge is 0.527 e. The number of alkyl halides is 3. The van der Waals surface area contributed by atoms with Crippen LogP contribution in [0.5, 0.6) is 5.75 Å². The van der Waals surface area contributed by atoms with Crippen LogP contribution in [-0.2, 0) is 29.4 Å². The van der Waals surface area contributed by atoms with Crippen molar-refractivity contribution >= 4 is 19.4 Å². The predicted octanol–water partition coefficient (Wildman–Crippen LogP) is 3.16. The lowest BCUT2D eigenvalue weighted by molar-refractivity contribution is -0.552. The van der Waals surface area contributed by atoms with Gasteiger partial charge in [-0.1, -0.05) is 17.7 Å². The Kier molecular flexibility index (Phi) is 4.84. The Balaban J connectivity index is 2.33. The van der Waals surface area contributed by atoms with Crippen molar-refractivity contribution in [2.24, 2.45) is 0 Å². The first kappa shape index (κ1) is 17.0. The topological polar surface area (TPSA) is 83.5 Å². The molecule has 2 rings (SSSR count). The summed E-state index contributed by atoms with van der Waals surface area (Å²) in [6.45, 7) is -3.33. The second-order valence-corrected chi connectivity index (χ2v) is 6.15. The predicted molar refractivity (Wildman–Crippen MR) is 69.6 cm³/mol. The molecule has 0 saturated carbocycles. The second-order valence-electron chi connectivity index (χ2n) is 4.26. The third-order valence-corrected chi connectivity index (χ3v) is 3.80. The molecule has 1 aromatic carbocycles. The summed E-state index contributed by atoms with van der Waals surface area (Å²) in [5, 5.41) is -0.127. The minimum Gasteiger partial charge on any atom is -0.403 e. The third-order valence-electron chi connectivity index (χ3n) is 2.60. The van der Waals surface area contributed by atoms with Crippen LogP contribution in [0.2, 0.25) is 5.02 Å². The molecule has 23 heavy (non-hydrogen) atoms. The summed E-state index contributed by atoms with van der Waals surface area (Å²) in [7, 11) is -3.55. The fraction of sp³-hybridized carbons (Fsp3) is 0.455. The standard InChI is InChI=1S/C11H11ClF3O7P/c1-18-23(16,17)21-9-4-7(2-3-8(9)12)10(5-20-22-10)19-6-11(13,14)15/h2-4H,5-6H2,1H3,(H,16,17)/i5T. The molecule has 0 bridgehead atoms. The number of rotatable bonds is 6. The van der Waals surface area contributed by atoms with E-state index in [0.717, 1.165) is 19.2 Å². The van der Waals surface area contributed by atoms with E-state index in [0.29, 0.717) is 0 Å². The van der Waals surface area contributed by atoms with Gasteiger partial charge in [0.2, 0.25) is 0 Å². The Hall–Kier alpha value is -0.870. The Morgan fingerprint density at radius 1 is 1.57 bits per heavy atom. The molecule has 1 saturated heterocycles. The van der Waals surface area contributed by atoms with E-state index in [4.69, 9.17) is 13.0 Å². The molecule has 1 N–H and O–H groups in total.